The summed E-state index contributed by atoms with van der Waals surface area (Å²) in [5.74, 6) is -1.20. The summed E-state index contributed by atoms with van der Waals surface area (Å²) in [6, 6.07) is 0. The van der Waals surface area contributed by atoms with E-state index in [0.717, 1.165) is 0 Å². The van der Waals surface area contributed by atoms with Crippen LogP contribution < -0.4 is 0 Å². The molecule has 0 atom stereocenters. The van der Waals surface area contributed by atoms with E-state index in [4.69, 9.17) is 19.0 Å². The molecule has 0 aromatic rings. The molecule has 2 nitrogen and oxygen atoms in total. The monoisotopic (exact) mass is 98.0 g/mol. The van der Waals surface area contributed by atoms with Gasteiger partial charge in [-0.15, -0.1) is 0 Å². The molecule has 0 unspecified atom stereocenters. The summed E-state index contributed by atoms with van der Waals surface area (Å²) in [7, 11) is 0. The van der Waals surface area contributed by atoms with E-state index in [2.05, 4.69) is 0 Å². The van der Waals surface area contributed by atoms with Crippen LogP contribution in [0, 0.1) is 19.3 Å². The Morgan fingerprint density at radius 2 is 1.86 bits per heavy atom. The van der Waals surface area contributed by atoms with Crippen LogP contribution in [0.25, 0.3) is 0 Å². The van der Waals surface area contributed by atoms with E-state index in [-0.39, 0.29) is 0 Å². The highest BCUT2D eigenvalue weighted by Gasteiger charge is 2.19. The summed E-state index contributed by atoms with van der Waals surface area (Å²) in [4.78, 5) is 9.77. The van der Waals surface area contributed by atoms with Crippen molar-refractivity contribution in [1.82, 2.24) is 0 Å². The SMILES string of the molecule is [CH]C([CH])(C)C(=O)O. The van der Waals surface area contributed by atoms with Crippen molar-refractivity contribution in [3.8, 4) is 0 Å². The van der Waals surface area contributed by atoms with Crippen LogP contribution in [0.5, 0.6) is 0 Å². The average Bonchev–Trinajstić information content (AvgIpc) is 1.31. The van der Waals surface area contributed by atoms with Crippen LogP contribution in [-0.2, 0) is 4.79 Å². The normalized spacial score (nSPS) is 11.3. The second-order valence-corrected chi connectivity index (χ2v) is 1.59. The molecule has 7 heavy (non-hydrogen) atoms. The van der Waals surface area contributed by atoms with Gasteiger partial charge < -0.3 is 5.11 Å². The third-order valence-electron chi connectivity index (χ3n) is 0.461. The first-order chi connectivity index (χ1) is 2.94. The number of carboxylic acid groups (broad SMARTS) is 1. The van der Waals surface area contributed by atoms with Gasteiger partial charge in [-0.05, 0) is 20.8 Å². The van der Waals surface area contributed by atoms with E-state index < -0.39 is 11.4 Å². The summed E-state index contributed by atoms with van der Waals surface area (Å²) in [6.45, 7) is 10.9. The van der Waals surface area contributed by atoms with Crippen LogP contribution >= 0.6 is 0 Å². The Morgan fingerprint density at radius 3 is 1.86 bits per heavy atom. The molecule has 0 spiro atoms. The molecule has 0 aliphatic rings. The molecule has 38 valence electrons. The lowest BCUT2D eigenvalue weighted by Crippen LogP contribution is -2.19. The van der Waals surface area contributed by atoms with Gasteiger partial charge in [-0.3, -0.25) is 4.79 Å². The van der Waals surface area contributed by atoms with Crippen molar-refractivity contribution in [3.05, 3.63) is 13.8 Å². The van der Waals surface area contributed by atoms with Crippen molar-refractivity contribution < 1.29 is 9.90 Å². The fourth-order valence-corrected chi connectivity index (χ4v) is 0. The molecule has 0 fully saturated rings. The Labute approximate surface area is 43.2 Å². The van der Waals surface area contributed by atoms with E-state index in [0.29, 0.717) is 0 Å². The van der Waals surface area contributed by atoms with Crippen molar-refractivity contribution in [3.63, 3.8) is 0 Å². The van der Waals surface area contributed by atoms with E-state index in [1.807, 2.05) is 0 Å². The maximum Gasteiger partial charge on any atom is 0.309 e. The van der Waals surface area contributed by atoms with Gasteiger partial charge in [-0.2, -0.15) is 0 Å². The van der Waals surface area contributed by atoms with Crippen LogP contribution in [0.3, 0.4) is 0 Å². The van der Waals surface area contributed by atoms with Crippen molar-refractivity contribution in [2.24, 2.45) is 5.41 Å². The highest BCUT2D eigenvalue weighted by Crippen LogP contribution is 2.09. The first-order valence-electron chi connectivity index (χ1n) is 1.76. The molecule has 0 saturated heterocycles. The smallest absolute Gasteiger partial charge is 0.309 e. The molecular weight excluding hydrogens is 92.1 g/mol. The molecule has 4 radical (unpaired) electrons. The van der Waals surface area contributed by atoms with Gasteiger partial charge in [0.25, 0.3) is 0 Å². The number of carbonyl (C=O) groups is 1. The topological polar surface area (TPSA) is 37.3 Å². The molecule has 0 rings (SSSR count). The molecule has 0 amide bonds. The van der Waals surface area contributed by atoms with E-state index in [9.17, 15) is 4.79 Å². The Balaban J connectivity index is 3.79. The Kier molecular flexibility index (Phi) is 1.41. The number of aliphatic carboxylic acids is 1. The Bertz CT molecular complexity index is 78.6. The van der Waals surface area contributed by atoms with Crippen molar-refractivity contribution in [1.29, 1.82) is 0 Å². The lowest BCUT2D eigenvalue weighted by molar-refractivity contribution is -0.143. The lowest BCUT2D eigenvalue weighted by Gasteiger charge is -2.07. The Hall–Kier alpha value is -0.530. The van der Waals surface area contributed by atoms with Gasteiger partial charge in [-0.1, -0.05) is 0 Å². The zero-order valence-corrected chi connectivity index (χ0v) is 4.01. The second-order valence-electron chi connectivity index (χ2n) is 1.59. The molecule has 0 aliphatic carbocycles. The van der Waals surface area contributed by atoms with E-state index in [1.165, 1.54) is 6.92 Å². The fourth-order valence-electron chi connectivity index (χ4n) is 0. The van der Waals surface area contributed by atoms with E-state index in [1.54, 1.807) is 0 Å². The lowest BCUT2D eigenvalue weighted by atomic mass is 9.98. The summed E-state index contributed by atoms with van der Waals surface area (Å²) >= 11 is 0. The standard InChI is InChI=1S/C5H6O2/c1-5(2,3)4(6)7/h1-2H,3H3,(H,6,7). The van der Waals surface area contributed by atoms with Crippen molar-refractivity contribution in [2.45, 2.75) is 6.92 Å². The molecule has 1 N–H and O–H groups in total. The van der Waals surface area contributed by atoms with Crippen LogP contribution in [0.2, 0.25) is 0 Å². The number of hydrogen-bond donors (Lipinski definition) is 1. The highest BCUT2D eigenvalue weighted by molar-refractivity contribution is 5.75. The zero-order valence-electron chi connectivity index (χ0n) is 4.01. The minimum absolute atomic E-state index is 1.20. The maximum absolute atomic E-state index is 9.77. The van der Waals surface area contributed by atoms with Crippen LogP contribution in [0.15, 0.2) is 0 Å². The predicted octanol–water partition coefficient (Wildman–Crippen LogP) is 0.499. The molecule has 0 heterocycles. The number of rotatable bonds is 1. The molecule has 0 saturated carbocycles. The molecule has 0 aromatic heterocycles. The van der Waals surface area contributed by atoms with Crippen molar-refractivity contribution in [2.75, 3.05) is 0 Å². The van der Waals surface area contributed by atoms with Gasteiger partial charge in [0.1, 0.15) is 0 Å². The highest BCUT2D eigenvalue weighted by atomic mass is 16.4. The van der Waals surface area contributed by atoms with Gasteiger partial charge in [0.2, 0.25) is 0 Å². The van der Waals surface area contributed by atoms with Crippen molar-refractivity contribution >= 4 is 5.97 Å². The third-order valence-corrected chi connectivity index (χ3v) is 0.461. The van der Waals surface area contributed by atoms with Gasteiger partial charge >= 0.3 is 5.97 Å². The van der Waals surface area contributed by atoms with Gasteiger partial charge in [0, 0.05) is 0 Å². The first-order valence-corrected chi connectivity index (χ1v) is 1.76. The molecule has 0 bridgehead atoms. The Morgan fingerprint density at radius 1 is 1.71 bits per heavy atom. The summed E-state index contributed by atoms with van der Waals surface area (Å²) in [6.07, 6.45) is 0. The first kappa shape index (κ1) is 6.47. The molecule has 0 aliphatic heterocycles. The summed E-state index contributed by atoms with van der Waals surface area (Å²) < 4.78 is 0. The molecule has 2 heteroatoms. The van der Waals surface area contributed by atoms with Gasteiger partial charge in [0.05, 0.1) is 5.41 Å². The van der Waals surface area contributed by atoms with Crippen LogP contribution in [0.4, 0.5) is 0 Å². The fraction of sp³-hybridized carbons (Fsp3) is 0.400. The minimum atomic E-state index is -1.58. The van der Waals surface area contributed by atoms with Crippen LogP contribution in [-0.4, -0.2) is 11.1 Å². The zero-order chi connectivity index (χ0) is 6.08. The number of hydrogen-bond acceptors (Lipinski definition) is 1. The summed E-state index contributed by atoms with van der Waals surface area (Å²) in [5, 5.41) is 8.00. The van der Waals surface area contributed by atoms with Gasteiger partial charge in [-0.25, -0.2) is 0 Å². The number of carboxylic acids is 1. The largest absolute Gasteiger partial charge is 0.481 e. The third kappa shape index (κ3) is 2.20. The minimum Gasteiger partial charge on any atom is -0.481 e. The van der Waals surface area contributed by atoms with Crippen LogP contribution in [0.1, 0.15) is 6.92 Å². The quantitative estimate of drug-likeness (QED) is 0.518. The predicted molar refractivity (Wildman–Crippen MR) is 24.3 cm³/mol. The molecular formula is C5H6O2. The van der Waals surface area contributed by atoms with Gasteiger partial charge in [0.15, 0.2) is 0 Å². The summed E-state index contributed by atoms with van der Waals surface area (Å²) in [5.41, 5.74) is -1.58. The maximum atomic E-state index is 9.77. The average molecular weight is 98.1 g/mol. The van der Waals surface area contributed by atoms with E-state index >= 15 is 0 Å². The molecule has 0 aromatic carbocycles. The second kappa shape index (κ2) is 1.52.